The summed E-state index contributed by atoms with van der Waals surface area (Å²) in [5.41, 5.74) is 3.70. The first-order chi connectivity index (χ1) is 11.3. The van der Waals surface area contributed by atoms with Crippen LogP contribution >= 0.6 is 0 Å². The highest BCUT2D eigenvalue weighted by Gasteiger charge is 2.51. The molecule has 0 radical (unpaired) electrons. The van der Waals surface area contributed by atoms with E-state index < -0.39 is 10.4 Å². The molecule has 0 aromatic heterocycles. The van der Waals surface area contributed by atoms with E-state index in [1.54, 1.807) is 12.1 Å². The molecule has 0 aliphatic heterocycles. The minimum Gasteiger partial charge on any atom is -0.393 e. The highest BCUT2D eigenvalue weighted by Crippen LogP contribution is 2.59. The van der Waals surface area contributed by atoms with E-state index in [-0.39, 0.29) is 17.3 Å². The van der Waals surface area contributed by atoms with Crippen LogP contribution in [-0.2, 0) is 16.8 Å². The van der Waals surface area contributed by atoms with E-state index in [9.17, 15) is 13.5 Å². The SMILES string of the molecule is CC12CCC3C(=CCc4cc(OS(=O)(=O)O)ccc43)C1CCC2O. The van der Waals surface area contributed by atoms with E-state index in [4.69, 9.17) is 4.55 Å². The molecule has 2 saturated carbocycles. The lowest BCUT2D eigenvalue weighted by Crippen LogP contribution is -2.39. The maximum atomic E-state index is 10.9. The molecule has 2 fully saturated rings. The maximum absolute atomic E-state index is 10.9. The first-order valence-electron chi connectivity index (χ1n) is 8.46. The number of hydrogen-bond acceptors (Lipinski definition) is 4. The molecule has 130 valence electrons. The Morgan fingerprint density at radius 2 is 2.04 bits per heavy atom. The molecule has 3 aliphatic rings. The lowest BCUT2D eigenvalue weighted by molar-refractivity contribution is 0.0267. The van der Waals surface area contributed by atoms with Crippen LogP contribution in [0.3, 0.4) is 0 Å². The van der Waals surface area contributed by atoms with Crippen molar-refractivity contribution in [1.29, 1.82) is 0 Å². The standard InChI is InChI=1S/C18H22O5S/c1-18-9-8-14-13-5-3-12(23-24(20,21)22)10-11(13)2-4-15(14)16(18)6-7-17(18)19/h3-5,10,14,16-17,19H,2,6-9H2,1H3,(H,20,21,22). The van der Waals surface area contributed by atoms with Gasteiger partial charge in [-0.3, -0.25) is 4.55 Å². The van der Waals surface area contributed by atoms with E-state index in [0.717, 1.165) is 37.7 Å². The van der Waals surface area contributed by atoms with Gasteiger partial charge in [-0.05, 0) is 61.3 Å². The van der Waals surface area contributed by atoms with Gasteiger partial charge < -0.3 is 9.29 Å². The molecular formula is C18H22O5S. The Labute approximate surface area is 142 Å². The second kappa shape index (κ2) is 5.31. The van der Waals surface area contributed by atoms with Crippen molar-refractivity contribution in [3.63, 3.8) is 0 Å². The minimum atomic E-state index is -4.50. The van der Waals surface area contributed by atoms with Crippen molar-refractivity contribution in [2.45, 2.75) is 51.0 Å². The monoisotopic (exact) mass is 350 g/mol. The summed E-state index contributed by atoms with van der Waals surface area (Å²) in [5, 5.41) is 10.4. The predicted octanol–water partition coefficient (Wildman–Crippen LogP) is 3.01. The summed E-state index contributed by atoms with van der Waals surface area (Å²) >= 11 is 0. The van der Waals surface area contributed by atoms with Crippen molar-refractivity contribution in [3.05, 3.63) is 41.0 Å². The third-order valence-corrected chi connectivity index (χ3v) is 6.71. The summed E-state index contributed by atoms with van der Waals surface area (Å²) in [4.78, 5) is 0. The fourth-order valence-corrected chi connectivity index (χ4v) is 5.44. The minimum absolute atomic E-state index is 0.00610. The molecule has 4 rings (SSSR count). The van der Waals surface area contributed by atoms with Crippen molar-refractivity contribution in [3.8, 4) is 5.75 Å². The molecule has 6 heteroatoms. The van der Waals surface area contributed by atoms with Gasteiger partial charge in [0.05, 0.1) is 6.10 Å². The Morgan fingerprint density at radius 3 is 2.79 bits per heavy atom. The van der Waals surface area contributed by atoms with Gasteiger partial charge in [0.15, 0.2) is 0 Å². The highest BCUT2D eigenvalue weighted by atomic mass is 32.3. The van der Waals surface area contributed by atoms with Crippen molar-refractivity contribution in [2.24, 2.45) is 11.3 Å². The van der Waals surface area contributed by atoms with Gasteiger partial charge >= 0.3 is 10.4 Å². The predicted molar refractivity (Wildman–Crippen MR) is 89.2 cm³/mol. The van der Waals surface area contributed by atoms with Crippen LogP contribution < -0.4 is 4.18 Å². The Hall–Kier alpha value is -1.37. The van der Waals surface area contributed by atoms with Crippen LogP contribution in [0.15, 0.2) is 29.8 Å². The number of benzene rings is 1. The first-order valence-corrected chi connectivity index (χ1v) is 9.82. The topological polar surface area (TPSA) is 83.8 Å². The van der Waals surface area contributed by atoms with Crippen LogP contribution in [0.2, 0.25) is 0 Å². The summed E-state index contributed by atoms with van der Waals surface area (Å²) in [6.07, 6.45) is 6.69. The van der Waals surface area contributed by atoms with E-state index in [1.807, 2.05) is 6.07 Å². The van der Waals surface area contributed by atoms with Crippen LogP contribution in [0.5, 0.6) is 5.75 Å². The Kier molecular flexibility index (Phi) is 3.57. The van der Waals surface area contributed by atoms with Gasteiger partial charge in [-0.15, -0.1) is 0 Å². The van der Waals surface area contributed by atoms with Gasteiger partial charge in [-0.1, -0.05) is 24.6 Å². The normalized spacial score (nSPS) is 34.8. The summed E-state index contributed by atoms with van der Waals surface area (Å²) in [5.74, 6) is 0.926. The number of hydrogen-bond donors (Lipinski definition) is 2. The average molecular weight is 350 g/mol. The lowest BCUT2D eigenvalue weighted by Gasteiger charge is -2.46. The Bertz CT molecular complexity index is 813. The third-order valence-electron chi connectivity index (χ3n) is 6.31. The quantitative estimate of drug-likeness (QED) is 0.633. The van der Waals surface area contributed by atoms with Crippen molar-refractivity contribution >= 4 is 10.4 Å². The van der Waals surface area contributed by atoms with Gasteiger partial charge in [0, 0.05) is 11.3 Å². The Balaban J connectivity index is 1.67. The zero-order valence-corrected chi connectivity index (χ0v) is 14.4. The number of fused-ring (bicyclic) bond motifs is 5. The molecule has 5 nitrogen and oxygen atoms in total. The van der Waals surface area contributed by atoms with E-state index >= 15 is 0 Å². The number of aliphatic hydroxyl groups excluding tert-OH is 1. The average Bonchev–Trinajstić information content (AvgIpc) is 2.81. The summed E-state index contributed by atoms with van der Waals surface area (Å²) in [7, 11) is -4.50. The van der Waals surface area contributed by atoms with Gasteiger partial charge in [0.1, 0.15) is 5.75 Å². The lowest BCUT2D eigenvalue weighted by atomic mass is 9.59. The summed E-state index contributed by atoms with van der Waals surface area (Å²) in [6, 6.07) is 5.22. The fraction of sp³-hybridized carbons (Fsp3) is 0.556. The zero-order chi connectivity index (χ0) is 17.1. The van der Waals surface area contributed by atoms with Crippen molar-refractivity contribution in [1.82, 2.24) is 0 Å². The molecule has 4 atom stereocenters. The van der Waals surface area contributed by atoms with Gasteiger partial charge in [0.25, 0.3) is 0 Å². The third kappa shape index (κ3) is 2.48. The molecule has 0 saturated heterocycles. The van der Waals surface area contributed by atoms with E-state index in [0.29, 0.717) is 11.8 Å². The van der Waals surface area contributed by atoms with Crippen LogP contribution in [0.1, 0.15) is 49.7 Å². The van der Waals surface area contributed by atoms with Gasteiger partial charge in [-0.25, -0.2) is 0 Å². The van der Waals surface area contributed by atoms with Crippen LogP contribution in [0.25, 0.3) is 0 Å². The molecular weight excluding hydrogens is 328 g/mol. The second-order valence-electron chi connectivity index (χ2n) is 7.52. The molecule has 0 heterocycles. The second-order valence-corrected chi connectivity index (χ2v) is 8.54. The largest absolute Gasteiger partial charge is 0.446 e. The molecule has 2 N–H and O–H groups in total. The molecule has 24 heavy (non-hydrogen) atoms. The van der Waals surface area contributed by atoms with Gasteiger partial charge in [0.2, 0.25) is 0 Å². The van der Waals surface area contributed by atoms with E-state index in [2.05, 4.69) is 17.2 Å². The smallest absolute Gasteiger partial charge is 0.393 e. The van der Waals surface area contributed by atoms with Crippen LogP contribution in [0, 0.1) is 11.3 Å². The molecule has 0 spiro atoms. The molecule has 0 amide bonds. The summed E-state index contributed by atoms with van der Waals surface area (Å²) in [6.45, 7) is 2.21. The number of allylic oxidation sites excluding steroid dienone is 2. The Morgan fingerprint density at radius 1 is 1.25 bits per heavy atom. The molecule has 4 unspecified atom stereocenters. The van der Waals surface area contributed by atoms with Crippen LogP contribution in [0.4, 0.5) is 0 Å². The number of aliphatic hydroxyl groups is 1. The highest BCUT2D eigenvalue weighted by molar-refractivity contribution is 7.81. The van der Waals surface area contributed by atoms with Crippen molar-refractivity contribution < 1.29 is 22.3 Å². The van der Waals surface area contributed by atoms with E-state index in [1.165, 1.54) is 11.1 Å². The maximum Gasteiger partial charge on any atom is 0.446 e. The fourth-order valence-electron chi connectivity index (χ4n) is 5.09. The van der Waals surface area contributed by atoms with Gasteiger partial charge in [-0.2, -0.15) is 8.42 Å². The number of rotatable bonds is 2. The molecule has 1 aromatic rings. The molecule has 1 aromatic carbocycles. The van der Waals surface area contributed by atoms with Crippen LogP contribution in [-0.4, -0.2) is 24.2 Å². The van der Waals surface area contributed by atoms with Crippen molar-refractivity contribution in [2.75, 3.05) is 0 Å². The summed E-state index contributed by atoms with van der Waals surface area (Å²) < 4.78 is 35.2. The first kappa shape index (κ1) is 16.1. The molecule has 0 bridgehead atoms. The molecule has 3 aliphatic carbocycles. The zero-order valence-electron chi connectivity index (χ0n) is 13.6.